The number of hydrogen-bond donors (Lipinski definition) is 0. The summed E-state index contributed by atoms with van der Waals surface area (Å²) in [6, 6.07) is 0. The lowest BCUT2D eigenvalue weighted by Crippen LogP contribution is -2.29. The van der Waals surface area contributed by atoms with Crippen molar-refractivity contribution in [2.75, 3.05) is 0 Å². The van der Waals surface area contributed by atoms with Crippen LogP contribution in [-0.4, -0.2) is 14.6 Å². The van der Waals surface area contributed by atoms with Crippen molar-refractivity contribution in [3.63, 3.8) is 0 Å². The summed E-state index contributed by atoms with van der Waals surface area (Å²) in [6.07, 6.45) is 1.50. The lowest BCUT2D eigenvalue weighted by atomic mass is 10.7. The summed E-state index contributed by atoms with van der Waals surface area (Å²) in [7, 11) is 3.45. The number of imidazole rings is 1. The van der Waals surface area contributed by atoms with Crippen molar-refractivity contribution in [2.45, 2.75) is 6.92 Å². The van der Waals surface area contributed by atoms with Gasteiger partial charge in [0, 0.05) is 6.92 Å². The molecule has 0 atom stereocenters. The van der Waals surface area contributed by atoms with Crippen LogP contribution in [0, 0.1) is 32.4 Å². The van der Waals surface area contributed by atoms with Crippen LogP contribution in [-0.2, 0) is 14.1 Å². The van der Waals surface area contributed by atoms with Gasteiger partial charge in [-0.3, -0.25) is 0 Å². The maximum atomic E-state index is 10.4. The van der Waals surface area contributed by atoms with Crippen LogP contribution in [0.5, 0.6) is 0 Å². The van der Waals surface area contributed by atoms with E-state index >= 15 is 0 Å². The Kier molecular flexibility index (Phi) is 4.17. The molecule has 0 fully saturated rings. The van der Waals surface area contributed by atoms with Crippen molar-refractivity contribution in [1.29, 1.82) is 0 Å². The van der Waals surface area contributed by atoms with E-state index in [0.717, 1.165) is 5.82 Å². The van der Waals surface area contributed by atoms with Crippen LogP contribution in [0.15, 0.2) is 6.20 Å². The standard InChI is InChI=1S/C6H10N3O2.NO3/c1-5-7(2)4-6(8(5)3)9(10)11;2-1(3)4/h4H,1-3H3;/q+1;-1. The molecule has 0 aromatic carbocycles. The molecule has 1 rings (SSSR count). The quantitative estimate of drug-likeness (QED) is 0.368. The first-order valence-electron chi connectivity index (χ1n) is 3.75. The molecule has 0 saturated carbocycles. The first-order valence-corrected chi connectivity index (χ1v) is 3.75. The highest BCUT2D eigenvalue weighted by Crippen LogP contribution is 2.07. The lowest BCUT2D eigenvalue weighted by molar-refractivity contribution is -0.678. The van der Waals surface area contributed by atoms with Gasteiger partial charge in [-0.1, -0.05) is 0 Å². The molecule has 0 aliphatic heterocycles. The molecule has 0 aliphatic rings. The Morgan fingerprint density at radius 1 is 1.33 bits per heavy atom. The minimum Gasteiger partial charge on any atom is -0.358 e. The van der Waals surface area contributed by atoms with Crippen LogP contribution in [0.1, 0.15) is 5.82 Å². The smallest absolute Gasteiger partial charge is 0.358 e. The highest BCUT2D eigenvalue weighted by molar-refractivity contribution is 5.12. The second kappa shape index (κ2) is 4.88. The zero-order valence-electron chi connectivity index (χ0n) is 8.41. The third kappa shape index (κ3) is 3.58. The molecule has 84 valence electrons. The van der Waals surface area contributed by atoms with E-state index in [1.165, 1.54) is 6.20 Å². The number of nitro groups is 1. The topological polar surface area (TPSA) is 118 Å². The van der Waals surface area contributed by atoms with Crippen molar-refractivity contribution in [3.8, 4) is 0 Å². The molecule has 0 radical (unpaired) electrons. The summed E-state index contributed by atoms with van der Waals surface area (Å²) < 4.78 is 3.26. The second-order valence-corrected chi connectivity index (χ2v) is 2.69. The van der Waals surface area contributed by atoms with Crippen LogP contribution in [0.3, 0.4) is 0 Å². The maximum absolute atomic E-state index is 10.4. The summed E-state index contributed by atoms with van der Waals surface area (Å²) in [4.78, 5) is 18.2. The van der Waals surface area contributed by atoms with Crippen LogP contribution in [0.2, 0.25) is 0 Å². The molecule has 15 heavy (non-hydrogen) atoms. The molecule has 1 heterocycles. The Morgan fingerprint density at radius 2 is 1.73 bits per heavy atom. The van der Waals surface area contributed by atoms with Gasteiger partial charge in [0.1, 0.15) is 0 Å². The highest BCUT2D eigenvalue weighted by Gasteiger charge is 2.17. The highest BCUT2D eigenvalue weighted by atomic mass is 16.9. The van der Waals surface area contributed by atoms with Gasteiger partial charge in [0.2, 0.25) is 0 Å². The van der Waals surface area contributed by atoms with E-state index in [1.807, 2.05) is 6.92 Å². The summed E-state index contributed by atoms with van der Waals surface area (Å²) in [5.74, 6) is 0.974. The molecule has 0 bridgehead atoms. The number of hydrogen-bond acceptors (Lipinski definition) is 5. The molecule has 1 aromatic rings. The average molecular weight is 218 g/mol. The molecule has 0 aliphatic carbocycles. The van der Waals surface area contributed by atoms with E-state index in [4.69, 9.17) is 15.3 Å². The summed E-state index contributed by atoms with van der Waals surface area (Å²) in [6.45, 7) is 1.83. The zero-order valence-corrected chi connectivity index (χ0v) is 8.41. The number of nitrogens with zero attached hydrogens (tertiary/aromatic N) is 4. The maximum Gasteiger partial charge on any atom is 0.365 e. The van der Waals surface area contributed by atoms with Crippen molar-refractivity contribution < 1.29 is 14.6 Å². The first kappa shape index (κ1) is 12.8. The summed E-state index contributed by atoms with van der Waals surface area (Å²) >= 11 is 0. The predicted molar refractivity (Wildman–Crippen MR) is 48.3 cm³/mol. The largest absolute Gasteiger partial charge is 0.365 e. The Bertz CT molecular complexity index is 381. The average Bonchev–Trinajstić information content (AvgIpc) is 2.32. The van der Waals surface area contributed by atoms with E-state index < -0.39 is 10.0 Å². The van der Waals surface area contributed by atoms with Gasteiger partial charge in [-0.15, -0.1) is 0 Å². The molecule has 0 saturated heterocycles. The van der Waals surface area contributed by atoms with Gasteiger partial charge in [0.05, 0.1) is 19.2 Å². The predicted octanol–water partition coefficient (Wildman–Crippen LogP) is -0.173. The van der Waals surface area contributed by atoms with Crippen molar-refractivity contribution in [3.05, 3.63) is 37.5 Å². The molecule has 1 aromatic heterocycles. The summed E-state index contributed by atoms with van der Waals surface area (Å²) in [5.41, 5.74) is 0. The summed E-state index contributed by atoms with van der Waals surface area (Å²) in [5, 5.41) is 25.1. The van der Waals surface area contributed by atoms with Gasteiger partial charge in [-0.25, -0.2) is 4.57 Å². The Hall–Kier alpha value is -2.19. The van der Waals surface area contributed by atoms with Gasteiger partial charge in [0.15, 0.2) is 6.20 Å². The molecule has 9 nitrogen and oxygen atoms in total. The molecular formula is C6H10N4O5. The third-order valence-corrected chi connectivity index (χ3v) is 1.84. The number of rotatable bonds is 1. The van der Waals surface area contributed by atoms with Crippen molar-refractivity contribution in [1.82, 2.24) is 4.57 Å². The van der Waals surface area contributed by atoms with Gasteiger partial charge in [-0.05, 0) is 4.92 Å². The van der Waals surface area contributed by atoms with Crippen LogP contribution >= 0.6 is 0 Å². The second-order valence-electron chi connectivity index (χ2n) is 2.69. The minimum absolute atomic E-state index is 0.116. The fourth-order valence-corrected chi connectivity index (χ4v) is 0.925. The van der Waals surface area contributed by atoms with Crippen molar-refractivity contribution in [2.24, 2.45) is 14.1 Å². The van der Waals surface area contributed by atoms with E-state index in [1.54, 1.807) is 23.2 Å². The Morgan fingerprint density at radius 3 is 1.87 bits per heavy atom. The van der Waals surface area contributed by atoms with Crippen LogP contribution < -0.4 is 4.57 Å². The fourth-order valence-electron chi connectivity index (χ4n) is 0.925. The van der Waals surface area contributed by atoms with Gasteiger partial charge in [-0.2, -0.15) is 4.57 Å². The lowest BCUT2D eigenvalue weighted by Gasteiger charge is -1.91. The molecule has 9 heteroatoms. The van der Waals surface area contributed by atoms with E-state index in [-0.39, 0.29) is 5.82 Å². The Labute approximate surface area is 84.4 Å². The van der Waals surface area contributed by atoms with Crippen LogP contribution in [0.25, 0.3) is 0 Å². The molecule has 0 N–H and O–H groups in total. The molecule has 0 unspecified atom stereocenters. The normalized spacial score (nSPS) is 9.00. The van der Waals surface area contributed by atoms with Crippen molar-refractivity contribution >= 4 is 5.82 Å². The van der Waals surface area contributed by atoms with E-state index in [9.17, 15) is 10.1 Å². The third-order valence-electron chi connectivity index (χ3n) is 1.84. The van der Waals surface area contributed by atoms with Gasteiger partial charge < -0.3 is 25.4 Å². The molecule has 0 amide bonds. The zero-order chi connectivity index (χ0) is 12.2. The van der Waals surface area contributed by atoms with E-state index in [0.29, 0.717) is 0 Å². The monoisotopic (exact) mass is 218 g/mol. The Balaban J connectivity index is 0.000000423. The molecular weight excluding hydrogens is 208 g/mol. The number of aryl methyl sites for hydroxylation is 1. The minimum atomic E-state index is -1.75. The van der Waals surface area contributed by atoms with Crippen LogP contribution in [0.4, 0.5) is 5.82 Å². The van der Waals surface area contributed by atoms with Gasteiger partial charge >= 0.3 is 5.82 Å². The fraction of sp³-hybridized carbons (Fsp3) is 0.500. The van der Waals surface area contributed by atoms with E-state index in [2.05, 4.69) is 0 Å². The first-order chi connectivity index (χ1) is 6.77. The molecule has 0 spiro atoms. The number of aromatic nitrogens is 2. The van der Waals surface area contributed by atoms with Gasteiger partial charge in [0.25, 0.3) is 5.82 Å². The SMILES string of the molecule is Cc1n(C)c([N+](=O)[O-])c[n+]1C.O=[N+]([O-])[O-].